The van der Waals surface area contributed by atoms with Crippen molar-refractivity contribution < 1.29 is 5.11 Å². The fourth-order valence-corrected chi connectivity index (χ4v) is 3.53. The molecule has 0 saturated carbocycles. The lowest BCUT2D eigenvalue weighted by Gasteiger charge is -2.38. The normalized spacial score (nSPS) is 17.7. The number of hydrogen-bond acceptors (Lipinski definition) is 4. The zero-order valence-electron chi connectivity index (χ0n) is 14.5. The third kappa shape index (κ3) is 3.41. The van der Waals surface area contributed by atoms with Crippen LogP contribution in [0.2, 0.25) is 0 Å². The van der Waals surface area contributed by atoms with Crippen molar-refractivity contribution in [3.63, 3.8) is 0 Å². The Morgan fingerprint density at radius 3 is 2.40 bits per heavy atom. The molecule has 2 heterocycles. The summed E-state index contributed by atoms with van der Waals surface area (Å²) in [4.78, 5) is 11.5. The lowest BCUT2D eigenvalue weighted by Crippen LogP contribution is -2.42. The van der Waals surface area contributed by atoms with Gasteiger partial charge in [-0.15, -0.1) is 0 Å². The Bertz CT molecular complexity index is 868. The third-order valence-electron chi connectivity index (χ3n) is 5.16. The summed E-state index contributed by atoms with van der Waals surface area (Å²) in [6.45, 7) is 4.57. The number of nitrogens with zero attached hydrogens (tertiary/aromatic N) is 3. The van der Waals surface area contributed by atoms with Crippen molar-refractivity contribution >= 4 is 11.0 Å². The van der Waals surface area contributed by atoms with Gasteiger partial charge in [0.05, 0.1) is 28.5 Å². The van der Waals surface area contributed by atoms with Gasteiger partial charge >= 0.3 is 0 Å². The van der Waals surface area contributed by atoms with Crippen LogP contribution >= 0.6 is 0 Å². The second kappa shape index (κ2) is 6.54. The van der Waals surface area contributed by atoms with Gasteiger partial charge in [0.2, 0.25) is 0 Å². The number of fused-ring (bicyclic) bond motifs is 1. The third-order valence-corrected chi connectivity index (χ3v) is 5.16. The highest BCUT2D eigenvalue weighted by Gasteiger charge is 2.33. The molecule has 0 radical (unpaired) electrons. The molecule has 1 fully saturated rings. The number of rotatable bonds is 3. The molecule has 0 aliphatic carbocycles. The standard InChI is InChI=1S/C21H23N3O/c1-16-6-8-17(9-7-16)21(25)10-12-24(13-11-21)15-18-14-22-19-4-2-3-5-20(19)23-18/h2-9,14,25H,10-13,15H2,1H3. The summed E-state index contributed by atoms with van der Waals surface area (Å²) in [5.41, 5.74) is 4.40. The highest BCUT2D eigenvalue weighted by Crippen LogP contribution is 2.33. The van der Waals surface area contributed by atoms with Crippen LogP contribution in [0.3, 0.4) is 0 Å². The van der Waals surface area contributed by atoms with Crippen LogP contribution < -0.4 is 0 Å². The van der Waals surface area contributed by atoms with Crippen molar-refractivity contribution in [3.05, 3.63) is 71.5 Å². The zero-order chi connectivity index (χ0) is 17.3. The smallest absolute Gasteiger partial charge is 0.0920 e. The zero-order valence-corrected chi connectivity index (χ0v) is 14.5. The molecular formula is C21H23N3O. The van der Waals surface area contributed by atoms with Crippen LogP contribution in [0.15, 0.2) is 54.7 Å². The number of hydrogen-bond donors (Lipinski definition) is 1. The van der Waals surface area contributed by atoms with Crippen molar-refractivity contribution in [1.29, 1.82) is 0 Å². The monoisotopic (exact) mass is 333 g/mol. The molecule has 0 atom stereocenters. The Balaban J connectivity index is 1.43. The van der Waals surface area contributed by atoms with E-state index in [0.717, 1.165) is 54.8 Å². The number of likely N-dealkylation sites (tertiary alicyclic amines) is 1. The van der Waals surface area contributed by atoms with Crippen LogP contribution in [-0.2, 0) is 12.1 Å². The first-order valence-electron chi connectivity index (χ1n) is 8.85. The van der Waals surface area contributed by atoms with E-state index < -0.39 is 5.60 Å². The van der Waals surface area contributed by atoms with Gasteiger partial charge in [-0.3, -0.25) is 9.88 Å². The molecule has 4 nitrogen and oxygen atoms in total. The molecule has 4 rings (SSSR count). The van der Waals surface area contributed by atoms with Crippen molar-refractivity contribution in [3.8, 4) is 0 Å². The Morgan fingerprint density at radius 1 is 1.00 bits per heavy atom. The van der Waals surface area contributed by atoms with E-state index in [4.69, 9.17) is 4.98 Å². The minimum absolute atomic E-state index is 0.709. The lowest BCUT2D eigenvalue weighted by atomic mass is 9.84. The van der Waals surface area contributed by atoms with Gasteiger partial charge in [-0.2, -0.15) is 0 Å². The molecule has 25 heavy (non-hydrogen) atoms. The fraction of sp³-hybridized carbons (Fsp3) is 0.333. The van der Waals surface area contributed by atoms with Gasteiger partial charge in [0.1, 0.15) is 0 Å². The first kappa shape index (κ1) is 16.2. The Labute approximate surface area is 148 Å². The average molecular weight is 333 g/mol. The van der Waals surface area contributed by atoms with Gasteiger partial charge in [0.25, 0.3) is 0 Å². The van der Waals surface area contributed by atoms with Crippen LogP contribution in [0.1, 0.15) is 29.7 Å². The van der Waals surface area contributed by atoms with E-state index in [1.54, 1.807) is 0 Å². The predicted molar refractivity (Wildman–Crippen MR) is 99.1 cm³/mol. The molecule has 0 unspecified atom stereocenters. The summed E-state index contributed by atoms with van der Waals surface area (Å²) in [5, 5.41) is 11.0. The summed E-state index contributed by atoms with van der Waals surface area (Å²) >= 11 is 0. The van der Waals surface area contributed by atoms with Crippen LogP contribution in [0.5, 0.6) is 0 Å². The molecule has 1 saturated heterocycles. The predicted octanol–water partition coefficient (Wildman–Crippen LogP) is 3.42. The SMILES string of the molecule is Cc1ccc(C2(O)CCN(Cc3cnc4ccccc4n3)CC2)cc1. The van der Waals surface area contributed by atoms with Crippen molar-refractivity contribution in [2.75, 3.05) is 13.1 Å². The van der Waals surface area contributed by atoms with Crippen LogP contribution in [0, 0.1) is 6.92 Å². The molecule has 4 heteroatoms. The average Bonchev–Trinajstić information content (AvgIpc) is 2.64. The van der Waals surface area contributed by atoms with E-state index in [-0.39, 0.29) is 0 Å². The number of aryl methyl sites for hydroxylation is 1. The Hall–Kier alpha value is -2.30. The quantitative estimate of drug-likeness (QED) is 0.798. The fourth-order valence-electron chi connectivity index (χ4n) is 3.53. The van der Waals surface area contributed by atoms with E-state index in [1.807, 2.05) is 30.5 Å². The van der Waals surface area contributed by atoms with Gasteiger partial charge in [-0.1, -0.05) is 42.0 Å². The van der Waals surface area contributed by atoms with Crippen molar-refractivity contribution in [2.45, 2.75) is 31.9 Å². The van der Waals surface area contributed by atoms with E-state index in [9.17, 15) is 5.11 Å². The molecule has 1 aliphatic rings. The van der Waals surface area contributed by atoms with Crippen molar-refractivity contribution in [1.82, 2.24) is 14.9 Å². The minimum atomic E-state index is -0.709. The largest absolute Gasteiger partial charge is 0.385 e. The molecule has 0 bridgehead atoms. The first-order chi connectivity index (χ1) is 12.1. The van der Waals surface area contributed by atoms with Gasteiger partial charge in [0.15, 0.2) is 0 Å². The summed E-state index contributed by atoms with van der Waals surface area (Å²) in [6.07, 6.45) is 3.36. The maximum atomic E-state index is 11.0. The van der Waals surface area contributed by atoms with Crippen LogP contribution in [0.4, 0.5) is 0 Å². The lowest BCUT2D eigenvalue weighted by molar-refractivity contribution is -0.0279. The van der Waals surface area contributed by atoms with Gasteiger partial charge in [-0.25, -0.2) is 4.98 Å². The van der Waals surface area contributed by atoms with Crippen molar-refractivity contribution in [2.24, 2.45) is 0 Å². The Kier molecular flexibility index (Phi) is 4.24. The van der Waals surface area contributed by atoms with Gasteiger partial charge in [0, 0.05) is 19.6 Å². The molecule has 2 aromatic carbocycles. The first-order valence-corrected chi connectivity index (χ1v) is 8.85. The van der Waals surface area contributed by atoms with E-state index in [1.165, 1.54) is 5.56 Å². The topological polar surface area (TPSA) is 49.2 Å². The Morgan fingerprint density at radius 2 is 1.68 bits per heavy atom. The summed E-state index contributed by atoms with van der Waals surface area (Å²) in [6, 6.07) is 16.2. The highest BCUT2D eigenvalue weighted by atomic mass is 16.3. The number of benzene rings is 2. The molecule has 1 N–H and O–H groups in total. The van der Waals surface area contributed by atoms with Gasteiger partial charge < -0.3 is 5.11 Å². The van der Waals surface area contributed by atoms with E-state index >= 15 is 0 Å². The van der Waals surface area contributed by atoms with Gasteiger partial charge in [-0.05, 0) is 37.5 Å². The molecule has 128 valence electrons. The minimum Gasteiger partial charge on any atom is -0.385 e. The van der Waals surface area contributed by atoms with E-state index in [2.05, 4.69) is 41.1 Å². The maximum Gasteiger partial charge on any atom is 0.0920 e. The number of piperidine rings is 1. The molecule has 0 amide bonds. The molecular weight excluding hydrogens is 310 g/mol. The summed E-state index contributed by atoms with van der Waals surface area (Å²) < 4.78 is 0. The second-order valence-corrected chi connectivity index (χ2v) is 7.02. The summed E-state index contributed by atoms with van der Waals surface area (Å²) in [7, 11) is 0. The second-order valence-electron chi connectivity index (χ2n) is 7.02. The van der Waals surface area contributed by atoms with Crippen LogP contribution in [0.25, 0.3) is 11.0 Å². The maximum absolute atomic E-state index is 11.0. The molecule has 0 spiro atoms. The van der Waals surface area contributed by atoms with E-state index in [0.29, 0.717) is 0 Å². The number of para-hydroxylation sites is 2. The number of aliphatic hydroxyl groups is 1. The van der Waals surface area contributed by atoms with Crippen LogP contribution in [-0.4, -0.2) is 33.1 Å². The highest BCUT2D eigenvalue weighted by molar-refractivity contribution is 5.73. The molecule has 1 aromatic heterocycles. The number of aromatic nitrogens is 2. The molecule has 3 aromatic rings. The molecule has 1 aliphatic heterocycles. The summed E-state index contributed by atoms with van der Waals surface area (Å²) in [5.74, 6) is 0.